The molecule has 14 heavy (non-hydrogen) atoms. The Bertz CT molecular complexity index is 293. The summed E-state index contributed by atoms with van der Waals surface area (Å²) in [7, 11) is 4.09. The average Bonchev–Trinajstić information content (AvgIpc) is 2.61. The minimum atomic E-state index is 0.320. The zero-order valence-corrected chi connectivity index (χ0v) is 8.97. The van der Waals surface area contributed by atoms with E-state index in [2.05, 4.69) is 16.8 Å². The van der Waals surface area contributed by atoms with Crippen molar-refractivity contribution in [2.75, 3.05) is 20.6 Å². The van der Waals surface area contributed by atoms with Crippen molar-refractivity contribution in [3.05, 3.63) is 18.2 Å². The van der Waals surface area contributed by atoms with Crippen LogP contribution in [-0.4, -0.2) is 41.4 Å². The fraction of sp³-hybridized carbons (Fsp3) is 0.600. The Morgan fingerprint density at radius 2 is 2.36 bits per heavy atom. The second kappa shape index (κ2) is 4.91. The number of hydrogen-bond acceptors (Lipinski definition) is 3. The Morgan fingerprint density at radius 1 is 1.64 bits per heavy atom. The molecule has 0 aliphatic rings. The van der Waals surface area contributed by atoms with Crippen molar-refractivity contribution < 1.29 is 4.79 Å². The molecule has 0 aromatic carbocycles. The Morgan fingerprint density at radius 3 is 2.93 bits per heavy atom. The second-order valence-corrected chi connectivity index (χ2v) is 3.78. The van der Waals surface area contributed by atoms with E-state index in [1.165, 1.54) is 0 Å². The molecule has 1 heterocycles. The van der Waals surface area contributed by atoms with Gasteiger partial charge in [-0.25, -0.2) is 4.98 Å². The van der Waals surface area contributed by atoms with E-state index < -0.39 is 0 Å². The highest BCUT2D eigenvalue weighted by molar-refractivity contribution is 5.71. The van der Waals surface area contributed by atoms with Gasteiger partial charge in [-0.3, -0.25) is 4.79 Å². The van der Waals surface area contributed by atoms with Gasteiger partial charge in [0.1, 0.15) is 5.69 Å². The van der Waals surface area contributed by atoms with Gasteiger partial charge in [-0.1, -0.05) is 0 Å². The van der Waals surface area contributed by atoms with Crippen LogP contribution in [0.5, 0.6) is 0 Å². The molecule has 1 aromatic heterocycles. The topological polar surface area (TPSA) is 38.1 Å². The standard InChI is InChI=1S/C10H17N3O/c1-9(4-5-12(2)3)13-8-11-6-10(13)7-14/h6-9H,4-5H2,1-3H3. The van der Waals surface area contributed by atoms with Gasteiger partial charge in [0.2, 0.25) is 0 Å². The molecule has 0 fully saturated rings. The van der Waals surface area contributed by atoms with E-state index in [1.807, 2.05) is 18.7 Å². The van der Waals surface area contributed by atoms with Crippen LogP contribution >= 0.6 is 0 Å². The number of imidazole rings is 1. The summed E-state index contributed by atoms with van der Waals surface area (Å²) in [5.74, 6) is 0. The summed E-state index contributed by atoms with van der Waals surface area (Å²) in [6.45, 7) is 3.11. The summed E-state index contributed by atoms with van der Waals surface area (Å²) in [6, 6.07) is 0.320. The predicted octanol–water partition coefficient (Wildman–Crippen LogP) is 1.21. The van der Waals surface area contributed by atoms with Gasteiger partial charge in [0.15, 0.2) is 6.29 Å². The van der Waals surface area contributed by atoms with Gasteiger partial charge >= 0.3 is 0 Å². The minimum absolute atomic E-state index is 0.320. The van der Waals surface area contributed by atoms with E-state index in [4.69, 9.17) is 0 Å². The average molecular weight is 195 g/mol. The van der Waals surface area contributed by atoms with Crippen molar-refractivity contribution in [1.82, 2.24) is 14.5 Å². The first-order chi connectivity index (χ1) is 6.65. The second-order valence-electron chi connectivity index (χ2n) is 3.78. The van der Waals surface area contributed by atoms with Crippen LogP contribution in [-0.2, 0) is 0 Å². The number of carbonyl (C=O) groups is 1. The molecule has 4 nitrogen and oxygen atoms in total. The lowest BCUT2D eigenvalue weighted by Gasteiger charge is -2.17. The molecule has 0 amide bonds. The third kappa shape index (κ3) is 2.67. The van der Waals surface area contributed by atoms with Crippen molar-refractivity contribution in [3.63, 3.8) is 0 Å². The highest BCUT2D eigenvalue weighted by Crippen LogP contribution is 2.12. The van der Waals surface area contributed by atoms with Crippen molar-refractivity contribution in [1.29, 1.82) is 0 Å². The van der Waals surface area contributed by atoms with Crippen LogP contribution in [0.25, 0.3) is 0 Å². The Labute approximate surface area is 84.5 Å². The number of rotatable bonds is 5. The SMILES string of the molecule is CC(CCN(C)C)n1cncc1C=O. The van der Waals surface area contributed by atoms with E-state index in [0.717, 1.165) is 19.3 Å². The van der Waals surface area contributed by atoms with Crippen LogP contribution in [0.3, 0.4) is 0 Å². The van der Waals surface area contributed by atoms with Crippen LogP contribution < -0.4 is 0 Å². The fourth-order valence-electron chi connectivity index (χ4n) is 1.36. The zero-order chi connectivity index (χ0) is 10.6. The van der Waals surface area contributed by atoms with Gasteiger partial charge in [0.05, 0.1) is 12.5 Å². The molecule has 0 aliphatic heterocycles. The number of hydrogen-bond donors (Lipinski definition) is 0. The highest BCUT2D eigenvalue weighted by Gasteiger charge is 2.08. The molecule has 0 aliphatic carbocycles. The summed E-state index contributed by atoms with van der Waals surface area (Å²) in [5.41, 5.74) is 0.649. The molecule has 0 radical (unpaired) electrons. The van der Waals surface area contributed by atoms with Crippen molar-refractivity contribution in [2.45, 2.75) is 19.4 Å². The lowest BCUT2D eigenvalue weighted by atomic mass is 10.2. The van der Waals surface area contributed by atoms with Crippen molar-refractivity contribution >= 4 is 6.29 Å². The molecule has 1 atom stereocenters. The molecule has 0 spiro atoms. The third-order valence-electron chi connectivity index (χ3n) is 2.29. The molecule has 1 rings (SSSR count). The summed E-state index contributed by atoms with van der Waals surface area (Å²) >= 11 is 0. The number of carbonyl (C=O) groups excluding carboxylic acids is 1. The smallest absolute Gasteiger partial charge is 0.168 e. The Kier molecular flexibility index (Phi) is 3.83. The van der Waals surface area contributed by atoms with Gasteiger partial charge in [-0.15, -0.1) is 0 Å². The molecule has 1 unspecified atom stereocenters. The summed E-state index contributed by atoms with van der Waals surface area (Å²) in [5, 5.41) is 0. The molecule has 4 heteroatoms. The Balaban J connectivity index is 2.59. The molecule has 0 saturated heterocycles. The summed E-state index contributed by atoms with van der Waals surface area (Å²) in [4.78, 5) is 16.8. The normalized spacial score (nSPS) is 13.1. The zero-order valence-electron chi connectivity index (χ0n) is 8.97. The van der Waals surface area contributed by atoms with E-state index >= 15 is 0 Å². The monoisotopic (exact) mass is 195 g/mol. The van der Waals surface area contributed by atoms with E-state index in [0.29, 0.717) is 11.7 Å². The molecule has 0 N–H and O–H groups in total. The van der Waals surface area contributed by atoms with Crippen molar-refractivity contribution in [3.8, 4) is 0 Å². The van der Waals surface area contributed by atoms with Crippen LogP contribution in [0.2, 0.25) is 0 Å². The number of aromatic nitrogens is 2. The van der Waals surface area contributed by atoms with Gasteiger partial charge in [0, 0.05) is 6.04 Å². The quantitative estimate of drug-likeness (QED) is 0.663. The Hall–Kier alpha value is -1.16. The molecule has 1 aromatic rings. The fourth-order valence-corrected chi connectivity index (χ4v) is 1.36. The van der Waals surface area contributed by atoms with Gasteiger partial charge in [-0.2, -0.15) is 0 Å². The van der Waals surface area contributed by atoms with Gasteiger partial charge in [0.25, 0.3) is 0 Å². The van der Waals surface area contributed by atoms with Gasteiger partial charge in [-0.05, 0) is 34.0 Å². The number of aldehydes is 1. The molecular weight excluding hydrogens is 178 g/mol. The maximum atomic E-state index is 10.7. The molecular formula is C10H17N3O. The lowest BCUT2D eigenvalue weighted by molar-refractivity contribution is 0.111. The molecule has 0 saturated carbocycles. The maximum absolute atomic E-state index is 10.7. The molecule has 78 valence electrons. The van der Waals surface area contributed by atoms with E-state index in [1.54, 1.807) is 12.5 Å². The van der Waals surface area contributed by atoms with E-state index in [-0.39, 0.29) is 0 Å². The lowest BCUT2D eigenvalue weighted by Crippen LogP contribution is -2.18. The highest BCUT2D eigenvalue weighted by atomic mass is 16.1. The maximum Gasteiger partial charge on any atom is 0.168 e. The number of nitrogens with zero attached hydrogens (tertiary/aromatic N) is 3. The third-order valence-corrected chi connectivity index (χ3v) is 2.29. The van der Waals surface area contributed by atoms with Gasteiger partial charge < -0.3 is 9.47 Å². The first-order valence-corrected chi connectivity index (χ1v) is 4.77. The summed E-state index contributed by atoms with van der Waals surface area (Å²) < 4.78 is 1.91. The van der Waals surface area contributed by atoms with Crippen molar-refractivity contribution in [2.24, 2.45) is 0 Å². The predicted molar refractivity (Wildman–Crippen MR) is 55.5 cm³/mol. The van der Waals surface area contributed by atoms with E-state index in [9.17, 15) is 4.79 Å². The van der Waals surface area contributed by atoms with Crippen LogP contribution in [0.4, 0.5) is 0 Å². The summed E-state index contributed by atoms with van der Waals surface area (Å²) in [6.07, 6.45) is 5.17. The van der Waals surface area contributed by atoms with Crippen LogP contribution in [0, 0.1) is 0 Å². The first-order valence-electron chi connectivity index (χ1n) is 4.77. The van der Waals surface area contributed by atoms with Crippen LogP contribution in [0.1, 0.15) is 29.9 Å². The minimum Gasteiger partial charge on any atom is -0.326 e. The van der Waals surface area contributed by atoms with Crippen LogP contribution in [0.15, 0.2) is 12.5 Å². The first kappa shape index (κ1) is 10.9. The largest absolute Gasteiger partial charge is 0.326 e. The molecule has 0 bridgehead atoms.